The van der Waals surface area contributed by atoms with Crippen molar-refractivity contribution in [3.05, 3.63) is 0 Å². The molecule has 0 aliphatic carbocycles. The molecule has 4 amide bonds. The van der Waals surface area contributed by atoms with E-state index in [9.17, 15) is 34.2 Å². The molecule has 16 heteroatoms. The quantitative estimate of drug-likeness (QED) is 0.0806. The van der Waals surface area contributed by atoms with E-state index >= 15 is 0 Å². The lowest BCUT2D eigenvalue weighted by molar-refractivity contribution is -0.142. The Morgan fingerprint density at radius 1 is 0.639 bits per heavy atom. The zero-order chi connectivity index (χ0) is 27.8. The largest absolute Gasteiger partial charge is 0.480 e. The van der Waals surface area contributed by atoms with E-state index in [4.69, 9.17) is 28.7 Å². The Labute approximate surface area is 209 Å². The van der Waals surface area contributed by atoms with Gasteiger partial charge in [-0.2, -0.15) is 0 Å². The van der Waals surface area contributed by atoms with Crippen LogP contribution in [-0.2, 0) is 24.0 Å². The topological polar surface area (TPSA) is 304 Å². The number of carbonyl (C=O) groups is 5. The molecule has 0 aromatic heterocycles. The number of carboxylic acid groups (broad SMARTS) is 1. The van der Waals surface area contributed by atoms with E-state index in [-0.39, 0.29) is 51.9 Å². The summed E-state index contributed by atoms with van der Waals surface area (Å²) in [7, 11) is 0. The average molecular weight is 520 g/mol. The van der Waals surface area contributed by atoms with Crippen molar-refractivity contribution in [2.24, 2.45) is 28.7 Å². The van der Waals surface area contributed by atoms with Crippen LogP contribution in [0.1, 0.15) is 32.6 Å². The molecule has 0 heterocycles. The molecule has 0 unspecified atom stereocenters. The Balaban J connectivity index is 5.48. The summed E-state index contributed by atoms with van der Waals surface area (Å²) in [6.45, 7) is 1.36. The maximum atomic E-state index is 12.9. The van der Waals surface area contributed by atoms with Crippen LogP contribution in [0.25, 0.3) is 0 Å². The number of carboxylic acids is 1. The first-order valence-corrected chi connectivity index (χ1v) is 11.6. The van der Waals surface area contributed by atoms with Crippen LogP contribution < -0.4 is 49.9 Å². The second-order valence-corrected chi connectivity index (χ2v) is 8.16. The van der Waals surface area contributed by atoms with Crippen molar-refractivity contribution in [2.45, 2.75) is 68.9 Å². The molecule has 0 bridgehead atoms. The Hall–Kier alpha value is -2.89. The van der Waals surface area contributed by atoms with Crippen LogP contribution in [0, 0.1) is 0 Å². The van der Waals surface area contributed by atoms with E-state index in [1.807, 2.05) is 0 Å². The van der Waals surface area contributed by atoms with Crippen molar-refractivity contribution >= 4 is 29.6 Å². The first-order valence-electron chi connectivity index (χ1n) is 11.6. The van der Waals surface area contributed by atoms with Gasteiger partial charge in [0.25, 0.3) is 0 Å². The molecular weight excluding hydrogens is 478 g/mol. The van der Waals surface area contributed by atoms with Gasteiger partial charge < -0.3 is 60.1 Å². The van der Waals surface area contributed by atoms with E-state index in [1.54, 1.807) is 0 Å². The zero-order valence-electron chi connectivity index (χ0n) is 20.4. The van der Waals surface area contributed by atoms with Gasteiger partial charge >= 0.3 is 5.97 Å². The number of nitrogens with two attached hydrogens (primary N) is 5. The number of aliphatic hydroxyl groups excluding tert-OH is 1. The zero-order valence-corrected chi connectivity index (χ0v) is 20.4. The third-order valence-electron chi connectivity index (χ3n) is 5.12. The van der Waals surface area contributed by atoms with Gasteiger partial charge in [-0.3, -0.25) is 19.2 Å². The smallest absolute Gasteiger partial charge is 0.326 e. The summed E-state index contributed by atoms with van der Waals surface area (Å²) in [5.41, 5.74) is 27.5. The lowest BCUT2D eigenvalue weighted by atomic mass is 10.1. The van der Waals surface area contributed by atoms with Crippen molar-refractivity contribution in [2.75, 3.05) is 26.2 Å². The molecule has 0 radical (unpaired) electrons. The minimum atomic E-state index is -1.44. The molecule has 6 atom stereocenters. The molecule has 0 spiro atoms. The normalized spacial score (nSPS) is 16.0. The van der Waals surface area contributed by atoms with E-state index in [0.29, 0.717) is 0 Å². The van der Waals surface area contributed by atoms with Gasteiger partial charge in [0.2, 0.25) is 23.6 Å². The van der Waals surface area contributed by atoms with Crippen molar-refractivity contribution < 1.29 is 34.2 Å². The van der Waals surface area contributed by atoms with Gasteiger partial charge in [-0.15, -0.1) is 0 Å². The average Bonchev–Trinajstić information content (AvgIpc) is 2.80. The molecule has 0 aliphatic rings. The predicted octanol–water partition coefficient (Wildman–Crippen LogP) is -5.89. The monoisotopic (exact) mass is 519 g/mol. The number of hydrogen-bond acceptors (Lipinski definition) is 11. The Kier molecular flexibility index (Phi) is 16.1. The summed E-state index contributed by atoms with van der Waals surface area (Å²) < 4.78 is 0. The van der Waals surface area contributed by atoms with Gasteiger partial charge in [0.15, 0.2) is 0 Å². The van der Waals surface area contributed by atoms with Crippen molar-refractivity contribution in [1.29, 1.82) is 0 Å². The van der Waals surface area contributed by atoms with Crippen LogP contribution in [0.5, 0.6) is 0 Å². The molecule has 0 saturated carbocycles. The van der Waals surface area contributed by atoms with Crippen LogP contribution in [-0.4, -0.2) is 102 Å². The number of amides is 4. The van der Waals surface area contributed by atoms with E-state index in [0.717, 1.165) is 0 Å². The summed E-state index contributed by atoms with van der Waals surface area (Å²) in [6.07, 6.45) is -1.30. The van der Waals surface area contributed by atoms with Crippen molar-refractivity contribution in [3.8, 4) is 0 Å². The lowest BCUT2D eigenvalue weighted by Gasteiger charge is -2.27. The first-order chi connectivity index (χ1) is 16.9. The van der Waals surface area contributed by atoms with Gasteiger partial charge in [0.05, 0.1) is 12.1 Å². The fraction of sp³-hybridized carbons (Fsp3) is 0.750. The summed E-state index contributed by atoms with van der Waals surface area (Å²) in [5, 5.41) is 28.7. The van der Waals surface area contributed by atoms with Crippen molar-refractivity contribution in [3.63, 3.8) is 0 Å². The second-order valence-electron chi connectivity index (χ2n) is 8.16. The second kappa shape index (κ2) is 17.5. The number of aliphatic carboxylic acids is 1. The Morgan fingerprint density at radius 3 is 1.42 bits per heavy atom. The van der Waals surface area contributed by atoms with Gasteiger partial charge in [-0.05, 0) is 58.8 Å². The summed E-state index contributed by atoms with van der Waals surface area (Å²) in [4.78, 5) is 61.8. The fourth-order valence-corrected chi connectivity index (χ4v) is 3.08. The van der Waals surface area contributed by atoms with Crippen LogP contribution in [0.3, 0.4) is 0 Å². The number of rotatable bonds is 18. The molecule has 0 saturated heterocycles. The highest BCUT2D eigenvalue weighted by atomic mass is 16.4. The fourth-order valence-electron chi connectivity index (χ4n) is 3.08. The highest BCUT2D eigenvalue weighted by Gasteiger charge is 2.32. The minimum absolute atomic E-state index is 0.00781. The summed E-state index contributed by atoms with van der Waals surface area (Å²) in [6, 6.07) is -6.16. The Morgan fingerprint density at radius 2 is 1.03 bits per heavy atom. The van der Waals surface area contributed by atoms with Crippen LogP contribution in [0.15, 0.2) is 0 Å². The predicted molar refractivity (Wildman–Crippen MR) is 130 cm³/mol. The van der Waals surface area contributed by atoms with Crippen LogP contribution >= 0.6 is 0 Å². The molecule has 0 rings (SSSR count). The molecule has 0 fully saturated rings. The maximum absolute atomic E-state index is 12.9. The molecule has 36 heavy (non-hydrogen) atoms. The number of aliphatic hydroxyl groups is 1. The van der Waals surface area contributed by atoms with E-state index in [2.05, 4.69) is 21.3 Å². The maximum Gasteiger partial charge on any atom is 0.326 e. The lowest BCUT2D eigenvalue weighted by Crippen LogP contribution is -2.60. The molecule has 0 aromatic rings. The molecular formula is C20H41N9O7. The molecule has 0 aromatic carbocycles. The summed E-state index contributed by atoms with van der Waals surface area (Å²) in [5.74, 6) is -4.50. The van der Waals surface area contributed by atoms with E-state index < -0.39 is 65.9 Å². The van der Waals surface area contributed by atoms with E-state index in [1.165, 1.54) is 6.92 Å². The number of nitrogens with one attached hydrogen (secondary N) is 4. The number of hydrogen-bond donors (Lipinski definition) is 11. The van der Waals surface area contributed by atoms with Gasteiger partial charge in [0.1, 0.15) is 24.2 Å². The van der Waals surface area contributed by atoms with Crippen molar-refractivity contribution in [1.82, 2.24) is 21.3 Å². The third-order valence-corrected chi connectivity index (χ3v) is 5.12. The first kappa shape index (κ1) is 33.1. The number of carbonyl (C=O) groups excluding carboxylic acids is 4. The third kappa shape index (κ3) is 11.7. The van der Waals surface area contributed by atoms with Gasteiger partial charge in [-0.25, -0.2) is 4.79 Å². The molecule has 16 N–H and O–H groups in total. The molecule has 208 valence electrons. The van der Waals surface area contributed by atoms with Crippen LogP contribution in [0.2, 0.25) is 0 Å². The van der Waals surface area contributed by atoms with Gasteiger partial charge in [0, 0.05) is 0 Å². The minimum Gasteiger partial charge on any atom is -0.480 e. The highest BCUT2D eigenvalue weighted by Crippen LogP contribution is 2.02. The SMILES string of the molecule is C[C@@H](O)[C@H](NC(=O)[C@@H](N)CCN)C(=O)N[C@@H](CCN)C(=O)N[C@@H](CCN)C(=O)N[C@@H](CCN)C(=O)O. The Bertz CT molecular complexity index is 738. The standard InChI is InChI=1S/C20H41N9O7/c1-10(30)15(29-16(31)11(25)2-6-21)19(34)27-13(4-8-23)17(32)26-12(3-7-22)18(33)28-14(5-9-24)20(35)36/h10-15,30H,2-9,21-25H2,1H3,(H,26,32)(H,27,34)(H,28,33)(H,29,31)(H,35,36)/t10-,11+,12+,13+,14+,15+/m1/s1. The highest BCUT2D eigenvalue weighted by molar-refractivity contribution is 5.95. The van der Waals surface area contributed by atoms with Gasteiger partial charge in [-0.1, -0.05) is 0 Å². The molecule has 0 aliphatic heterocycles. The summed E-state index contributed by atoms with van der Waals surface area (Å²) >= 11 is 0. The van der Waals surface area contributed by atoms with Crippen LogP contribution in [0.4, 0.5) is 0 Å². The molecule has 16 nitrogen and oxygen atoms in total.